The van der Waals surface area contributed by atoms with Crippen molar-refractivity contribution in [2.75, 3.05) is 6.54 Å². The number of carboxylic acids is 1. The van der Waals surface area contributed by atoms with Crippen molar-refractivity contribution in [3.63, 3.8) is 0 Å². The molecule has 0 spiro atoms. The van der Waals surface area contributed by atoms with E-state index in [-0.39, 0.29) is 12.5 Å². The Bertz CT molecular complexity index is 308. The number of carbonyl (C=O) groups excluding carboxylic acids is 1. The Morgan fingerprint density at radius 2 is 1.85 bits per heavy atom. The van der Waals surface area contributed by atoms with Crippen molar-refractivity contribution in [1.29, 1.82) is 0 Å². The minimum Gasteiger partial charge on any atom is -0.480 e. The van der Waals surface area contributed by atoms with Gasteiger partial charge in [0.05, 0.1) is 0 Å². The smallest absolute Gasteiger partial charge is 0.322 e. The fourth-order valence-electron chi connectivity index (χ4n) is 0.847. The molecule has 1 rings (SSSR count). The average molecular weight is 180 g/mol. The zero-order valence-electron chi connectivity index (χ0n) is 6.86. The standard InChI is InChI=1S/C9H9NO3/c11-8(12)6-10-9(13)7-4-2-1-3-5-7/h1-5H,6H2,(H,10,13)(H,11,12)/i1+1. The Kier molecular flexibility index (Phi) is 3.03. The predicted octanol–water partition coefficient (Wildman–Crippen LogP) is 0.501. The molecule has 0 bridgehead atoms. The molecule has 0 aromatic heterocycles. The second-order valence-corrected chi connectivity index (χ2v) is 2.44. The van der Waals surface area contributed by atoms with E-state index in [1.807, 2.05) is 0 Å². The van der Waals surface area contributed by atoms with Crippen molar-refractivity contribution < 1.29 is 14.7 Å². The van der Waals surface area contributed by atoms with Crippen LogP contribution in [0.1, 0.15) is 10.4 Å². The molecule has 2 N–H and O–H groups in total. The molecule has 68 valence electrons. The predicted molar refractivity (Wildman–Crippen MR) is 46.4 cm³/mol. The van der Waals surface area contributed by atoms with Crippen LogP contribution >= 0.6 is 0 Å². The van der Waals surface area contributed by atoms with Crippen molar-refractivity contribution in [2.24, 2.45) is 0 Å². The van der Waals surface area contributed by atoms with Crippen LogP contribution in [-0.2, 0) is 4.79 Å². The summed E-state index contributed by atoms with van der Waals surface area (Å²) in [5, 5.41) is 10.6. The number of aliphatic carboxylic acids is 1. The number of hydrogen-bond donors (Lipinski definition) is 2. The van der Waals surface area contributed by atoms with E-state index in [1.165, 1.54) is 0 Å². The minimum absolute atomic E-state index is 0.353. The number of carboxylic acid groups (broad SMARTS) is 1. The summed E-state index contributed by atoms with van der Waals surface area (Å²) in [6, 6.07) is 8.47. The third kappa shape index (κ3) is 2.94. The number of rotatable bonds is 3. The maximum absolute atomic E-state index is 11.2. The van der Waals surface area contributed by atoms with Gasteiger partial charge in [0.15, 0.2) is 0 Å². The Morgan fingerprint density at radius 3 is 2.38 bits per heavy atom. The summed E-state index contributed by atoms with van der Waals surface area (Å²) in [6.45, 7) is -0.353. The SMILES string of the molecule is O=C(O)CNC(=O)c1cc[13cH]cc1. The summed E-state index contributed by atoms with van der Waals surface area (Å²) < 4.78 is 0. The summed E-state index contributed by atoms with van der Waals surface area (Å²) >= 11 is 0. The highest BCUT2D eigenvalue weighted by Crippen LogP contribution is 1.96. The highest BCUT2D eigenvalue weighted by Gasteiger charge is 2.04. The van der Waals surface area contributed by atoms with Crippen molar-refractivity contribution in [1.82, 2.24) is 5.32 Å². The highest BCUT2D eigenvalue weighted by molar-refractivity contribution is 5.95. The van der Waals surface area contributed by atoms with Crippen LogP contribution < -0.4 is 5.32 Å². The van der Waals surface area contributed by atoms with Crippen LogP contribution in [0.5, 0.6) is 0 Å². The van der Waals surface area contributed by atoms with E-state index in [4.69, 9.17) is 5.11 Å². The first kappa shape index (κ1) is 9.25. The van der Waals surface area contributed by atoms with E-state index in [9.17, 15) is 9.59 Å². The Hall–Kier alpha value is -1.84. The summed E-state index contributed by atoms with van der Waals surface area (Å²) in [7, 11) is 0. The first-order valence-corrected chi connectivity index (χ1v) is 3.75. The molecule has 4 heteroatoms. The van der Waals surface area contributed by atoms with Crippen LogP contribution in [0.15, 0.2) is 30.3 Å². The van der Waals surface area contributed by atoms with Crippen molar-refractivity contribution in [2.45, 2.75) is 0 Å². The zero-order valence-corrected chi connectivity index (χ0v) is 6.86. The summed E-state index contributed by atoms with van der Waals surface area (Å²) in [6.07, 6.45) is 0. The average Bonchev–Trinajstić information content (AvgIpc) is 2.15. The zero-order chi connectivity index (χ0) is 9.68. The van der Waals surface area contributed by atoms with Crippen molar-refractivity contribution >= 4 is 11.9 Å². The summed E-state index contributed by atoms with van der Waals surface area (Å²) in [4.78, 5) is 21.3. The van der Waals surface area contributed by atoms with Gasteiger partial charge in [0, 0.05) is 5.56 Å². The lowest BCUT2D eigenvalue weighted by molar-refractivity contribution is -0.135. The lowest BCUT2D eigenvalue weighted by Crippen LogP contribution is -2.29. The van der Waals surface area contributed by atoms with Gasteiger partial charge in [-0.15, -0.1) is 0 Å². The van der Waals surface area contributed by atoms with Gasteiger partial charge in [-0.3, -0.25) is 9.59 Å². The fraction of sp³-hybridized carbons (Fsp3) is 0.111. The molecular weight excluding hydrogens is 171 g/mol. The maximum atomic E-state index is 11.2. The lowest BCUT2D eigenvalue weighted by Gasteiger charge is -2.00. The molecule has 0 radical (unpaired) electrons. The number of nitrogens with one attached hydrogen (secondary N) is 1. The second kappa shape index (κ2) is 4.25. The molecule has 13 heavy (non-hydrogen) atoms. The van der Waals surface area contributed by atoms with Crippen molar-refractivity contribution in [3.05, 3.63) is 35.9 Å². The Balaban J connectivity index is 2.54. The molecule has 0 unspecified atom stereocenters. The van der Waals surface area contributed by atoms with Crippen LogP contribution in [0.3, 0.4) is 0 Å². The third-order valence-corrected chi connectivity index (χ3v) is 1.44. The number of benzene rings is 1. The van der Waals surface area contributed by atoms with Crippen LogP contribution in [0.4, 0.5) is 0 Å². The van der Waals surface area contributed by atoms with Crippen LogP contribution in [0.25, 0.3) is 0 Å². The van der Waals surface area contributed by atoms with Gasteiger partial charge in [-0.2, -0.15) is 0 Å². The number of hydrogen-bond acceptors (Lipinski definition) is 2. The molecule has 1 aromatic carbocycles. The van der Waals surface area contributed by atoms with Crippen LogP contribution in [-0.4, -0.2) is 23.5 Å². The third-order valence-electron chi connectivity index (χ3n) is 1.44. The molecule has 0 fully saturated rings. The lowest BCUT2D eigenvalue weighted by atomic mass is 10.2. The largest absolute Gasteiger partial charge is 0.480 e. The molecule has 0 aliphatic carbocycles. The first-order valence-electron chi connectivity index (χ1n) is 3.75. The quantitative estimate of drug-likeness (QED) is 0.711. The molecule has 1 aromatic rings. The molecule has 4 nitrogen and oxygen atoms in total. The van der Waals surface area contributed by atoms with Gasteiger partial charge in [0.2, 0.25) is 0 Å². The normalized spacial score (nSPS) is 9.23. The molecule has 1 amide bonds. The summed E-state index contributed by atoms with van der Waals surface area (Å²) in [5.41, 5.74) is 0.462. The topological polar surface area (TPSA) is 66.4 Å². The van der Waals surface area contributed by atoms with E-state index < -0.39 is 5.97 Å². The number of carbonyl (C=O) groups is 2. The highest BCUT2D eigenvalue weighted by atomic mass is 16.4. The van der Waals surface area contributed by atoms with Crippen LogP contribution in [0, 0.1) is 0 Å². The molecule has 0 saturated heterocycles. The fourth-order valence-corrected chi connectivity index (χ4v) is 0.847. The Morgan fingerprint density at radius 1 is 1.23 bits per heavy atom. The molecule has 0 aliphatic heterocycles. The monoisotopic (exact) mass is 180 g/mol. The summed E-state index contributed by atoms with van der Waals surface area (Å²) in [5.74, 6) is -1.42. The van der Waals surface area contributed by atoms with E-state index in [0.717, 1.165) is 0 Å². The second-order valence-electron chi connectivity index (χ2n) is 2.44. The minimum atomic E-state index is -1.05. The van der Waals surface area contributed by atoms with Gasteiger partial charge in [-0.1, -0.05) is 18.2 Å². The van der Waals surface area contributed by atoms with Gasteiger partial charge in [-0.25, -0.2) is 0 Å². The van der Waals surface area contributed by atoms with Crippen LogP contribution in [0.2, 0.25) is 0 Å². The number of amides is 1. The van der Waals surface area contributed by atoms with Gasteiger partial charge in [0.1, 0.15) is 6.54 Å². The molecule has 0 aliphatic rings. The van der Waals surface area contributed by atoms with E-state index >= 15 is 0 Å². The van der Waals surface area contributed by atoms with Gasteiger partial charge < -0.3 is 10.4 Å². The first-order chi connectivity index (χ1) is 6.20. The molecule has 0 heterocycles. The van der Waals surface area contributed by atoms with Gasteiger partial charge >= 0.3 is 5.97 Å². The Labute approximate surface area is 75.2 Å². The molecule has 0 atom stereocenters. The van der Waals surface area contributed by atoms with Crippen molar-refractivity contribution in [3.8, 4) is 0 Å². The van der Waals surface area contributed by atoms with Gasteiger partial charge in [-0.05, 0) is 12.1 Å². The van der Waals surface area contributed by atoms with E-state index in [0.29, 0.717) is 5.56 Å². The van der Waals surface area contributed by atoms with E-state index in [1.54, 1.807) is 30.3 Å². The molecular formula is C9H9NO3. The molecule has 0 saturated carbocycles. The maximum Gasteiger partial charge on any atom is 0.322 e. The van der Waals surface area contributed by atoms with Gasteiger partial charge in [0.25, 0.3) is 5.91 Å². The van der Waals surface area contributed by atoms with E-state index in [2.05, 4.69) is 5.32 Å².